The highest BCUT2D eigenvalue weighted by Crippen LogP contribution is 2.29. The van der Waals surface area contributed by atoms with E-state index >= 15 is 0 Å². The van der Waals surface area contributed by atoms with E-state index in [4.69, 9.17) is 0 Å². The summed E-state index contributed by atoms with van der Waals surface area (Å²) in [5.74, 6) is -1.37. The number of rotatable bonds is 7. The Morgan fingerprint density at radius 2 is 1.70 bits per heavy atom. The summed E-state index contributed by atoms with van der Waals surface area (Å²) in [5.41, 5.74) is 1.64. The largest absolute Gasteiger partial charge is 0.350 e. The molecule has 2 heterocycles. The number of benzene rings is 2. The van der Waals surface area contributed by atoms with Crippen molar-refractivity contribution in [2.45, 2.75) is 63.7 Å². The molecular weight excluding hydrogens is 475 g/mol. The molecule has 8 nitrogen and oxygen atoms in total. The first kappa shape index (κ1) is 26.3. The lowest BCUT2D eigenvalue weighted by Crippen LogP contribution is -2.61. The van der Waals surface area contributed by atoms with Crippen LogP contribution in [0.5, 0.6) is 0 Å². The van der Waals surface area contributed by atoms with Gasteiger partial charge in [-0.1, -0.05) is 49.4 Å². The van der Waals surface area contributed by atoms with Crippen molar-refractivity contribution in [2.24, 2.45) is 0 Å². The lowest BCUT2D eigenvalue weighted by Gasteiger charge is -2.38. The average molecular weight is 509 g/mol. The summed E-state index contributed by atoms with van der Waals surface area (Å²) in [7, 11) is 0. The molecule has 9 heteroatoms. The third kappa shape index (κ3) is 6.53. The zero-order chi connectivity index (χ0) is 26.4. The van der Waals surface area contributed by atoms with Gasteiger partial charge >= 0.3 is 0 Å². The molecule has 0 aliphatic carbocycles. The fourth-order valence-corrected chi connectivity index (χ4v) is 5.05. The number of hydrogen-bond donors (Lipinski definition) is 2. The fraction of sp³-hybridized carbons (Fsp3) is 0.429. The van der Waals surface area contributed by atoms with Crippen LogP contribution in [0.2, 0.25) is 0 Å². The van der Waals surface area contributed by atoms with E-state index in [1.54, 1.807) is 28.9 Å². The molecule has 3 atom stereocenters. The van der Waals surface area contributed by atoms with E-state index in [-0.39, 0.29) is 61.4 Å². The van der Waals surface area contributed by atoms with Crippen LogP contribution >= 0.6 is 0 Å². The van der Waals surface area contributed by atoms with Gasteiger partial charge in [-0.15, -0.1) is 0 Å². The third-order valence-corrected chi connectivity index (χ3v) is 7.08. The summed E-state index contributed by atoms with van der Waals surface area (Å²) in [6.45, 7) is 2.41. The highest BCUT2D eigenvalue weighted by Gasteiger charge is 2.45. The highest BCUT2D eigenvalue weighted by atomic mass is 19.1. The molecule has 2 aromatic rings. The molecular formula is C28H33FN4O4. The fourth-order valence-electron chi connectivity index (χ4n) is 5.05. The Morgan fingerprint density at radius 3 is 2.41 bits per heavy atom. The lowest BCUT2D eigenvalue weighted by atomic mass is 10.1. The number of carbonyl (C=O) groups is 4. The van der Waals surface area contributed by atoms with Gasteiger partial charge in [-0.25, -0.2) is 4.39 Å². The van der Waals surface area contributed by atoms with Crippen molar-refractivity contribution in [2.75, 3.05) is 13.1 Å². The van der Waals surface area contributed by atoms with Crippen LogP contribution in [0.4, 0.5) is 4.39 Å². The van der Waals surface area contributed by atoms with Gasteiger partial charge in [-0.2, -0.15) is 0 Å². The molecule has 0 saturated carbocycles. The Balaban J connectivity index is 1.48. The van der Waals surface area contributed by atoms with Gasteiger partial charge < -0.3 is 20.4 Å². The molecule has 4 rings (SSSR count). The van der Waals surface area contributed by atoms with E-state index in [1.165, 1.54) is 12.1 Å². The summed E-state index contributed by atoms with van der Waals surface area (Å²) in [5, 5.41) is 5.64. The smallest absolute Gasteiger partial charge is 0.247 e. The zero-order valence-electron chi connectivity index (χ0n) is 21.0. The summed E-state index contributed by atoms with van der Waals surface area (Å²) in [6.07, 6.45) is 2.11. The first-order chi connectivity index (χ1) is 17.9. The summed E-state index contributed by atoms with van der Waals surface area (Å²) in [4.78, 5) is 55.6. The van der Waals surface area contributed by atoms with Crippen LogP contribution in [0.3, 0.4) is 0 Å². The Bertz CT molecular complexity index is 1120. The van der Waals surface area contributed by atoms with Gasteiger partial charge in [-0.3, -0.25) is 19.2 Å². The molecule has 2 aliphatic heterocycles. The van der Waals surface area contributed by atoms with Crippen molar-refractivity contribution < 1.29 is 23.6 Å². The molecule has 2 N–H and O–H groups in total. The molecule has 0 unspecified atom stereocenters. The van der Waals surface area contributed by atoms with Gasteiger partial charge in [0.2, 0.25) is 23.6 Å². The number of nitrogens with zero attached hydrogens (tertiary/aromatic N) is 2. The van der Waals surface area contributed by atoms with Gasteiger partial charge in [0.15, 0.2) is 0 Å². The Kier molecular flexibility index (Phi) is 8.53. The number of amides is 4. The maximum Gasteiger partial charge on any atom is 0.247 e. The van der Waals surface area contributed by atoms with Crippen molar-refractivity contribution in [3.05, 3.63) is 71.5 Å². The number of halogens is 1. The Morgan fingerprint density at radius 1 is 0.973 bits per heavy atom. The summed E-state index contributed by atoms with van der Waals surface area (Å²) >= 11 is 0. The van der Waals surface area contributed by atoms with E-state index in [2.05, 4.69) is 10.6 Å². The van der Waals surface area contributed by atoms with E-state index < -0.39 is 12.1 Å². The molecule has 0 spiro atoms. The lowest BCUT2D eigenvalue weighted by molar-refractivity contribution is -0.146. The van der Waals surface area contributed by atoms with Crippen LogP contribution in [0.25, 0.3) is 0 Å². The average Bonchev–Trinajstić information content (AvgIpc) is 3.32. The summed E-state index contributed by atoms with van der Waals surface area (Å²) in [6, 6.07) is 13.5. The van der Waals surface area contributed by atoms with E-state index in [9.17, 15) is 23.6 Å². The minimum atomic E-state index is -0.930. The standard InChI is InChI=1S/C28H33FN4O4/c1-2-25(34)31-23-18-32(26(35)16-19-6-4-3-5-7-19)15-14-22-12-13-24(33(22)28(23)37)27(36)30-17-20-8-10-21(29)11-9-20/h3-11,22-24H,2,12-18H2,1H3,(H,30,36)(H,31,34)/t22-,23+,24+/m1/s1. The molecule has 0 bridgehead atoms. The van der Waals surface area contributed by atoms with Crippen LogP contribution in [0, 0.1) is 5.82 Å². The maximum atomic E-state index is 13.7. The van der Waals surface area contributed by atoms with Crippen LogP contribution < -0.4 is 10.6 Å². The van der Waals surface area contributed by atoms with Crippen molar-refractivity contribution in [1.82, 2.24) is 20.4 Å². The quantitative estimate of drug-likeness (QED) is 0.599. The number of nitrogens with one attached hydrogen (secondary N) is 2. The Hall–Kier alpha value is -3.75. The van der Waals surface area contributed by atoms with Crippen LogP contribution in [-0.2, 0) is 32.1 Å². The second-order valence-electron chi connectivity index (χ2n) is 9.60. The van der Waals surface area contributed by atoms with Crippen LogP contribution in [0.1, 0.15) is 43.7 Å². The molecule has 196 valence electrons. The molecule has 37 heavy (non-hydrogen) atoms. The first-order valence-corrected chi connectivity index (χ1v) is 12.8. The number of carbonyl (C=O) groups excluding carboxylic acids is 4. The second kappa shape index (κ2) is 12.0. The third-order valence-electron chi connectivity index (χ3n) is 7.08. The molecule has 2 fully saturated rings. The van der Waals surface area contributed by atoms with E-state index in [1.807, 2.05) is 30.3 Å². The molecule has 2 saturated heterocycles. The SMILES string of the molecule is CCC(=O)N[C@H]1CN(C(=O)Cc2ccccc2)CC[C@H]2CC[C@@H](C(=O)NCc3ccc(F)cc3)N2C1=O. The number of hydrogen-bond acceptors (Lipinski definition) is 4. The normalized spacial score (nSPS) is 21.6. The zero-order valence-corrected chi connectivity index (χ0v) is 21.0. The van der Waals surface area contributed by atoms with Crippen molar-refractivity contribution in [3.63, 3.8) is 0 Å². The van der Waals surface area contributed by atoms with Gasteiger partial charge in [0.05, 0.1) is 6.42 Å². The molecule has 0 radical (unpaired) electrons. The highest BCUT2D eigenvalue weighted by molar-refractivity contribution is 5.93. The monoisotopic (exact) mass is 508 g/mol. The van der Waals surface area contributed by atoms with Crippen molar-refractivity contribution >= 4 is 23.6 Å². The molecule has 2 aromatic carbocycles. The number of fused-ring (bicyclic) bond motifs is 1. The minimum Gasteiger partial charge on any atom is -0.350 e. The van der Waals surface area contributed by atoms with Crippen LogP contribution in [-0.4, -0.2) is 64.6 Å². The molecule has 0 aromatic heterocycles. The molecule has 2 aliphatic rings. The second-order valence-corrected chi connectivity index (χ2v) is 9.60. The Labute approximate surface area is 216 Å². The topological polar surface area (TPSA) is 98.8 Å². The predicted molar refractivity (Wildman–Crippen MR) is 135 cm³/mol. The van der Waals surface area contributed by atoms with Gasteiger partial charge in [0, 0.05) is 32.1 Å². The van der Waals surface area contributed by atoms with Crippen LogP contribution in [0.15, 0.2) is 54.6 Å². The van der Waals surface area contributed by atoms with E-state index in [0.29, 0.717) is 25.8 Å². The minimum absolute atomic E-state index is 0.0589. The maximum absolute atomic E-state index is 13.7. The molecule has 4 amide bonds. The van der Waals surface area contributed by atoms with Crippen molar-refractivity contribution in [3.8, 4) is 0 Å². The van der Waals surface area contributed by atoms with Crippen molar-refractivity contribution in [1.29, 1.82) is 0 Å². The first-order valence-electron chi connectivity index (χ1n) is 12.8. The van der Waals surface area contributed by atoms with Gasteiger partial charge in [0.1, 0.15) is 17.9 Å². The van der Waals surface area contributed by atoms with Gasteiger partial charge in [0.25, 0.3) is 0 Å². The summed E-state index contributed by atoms with van der Waals surface area (Å²) < 4.78 is 13.2. The van der Waals surface area contributed by atoms with Gasteiger partial charge in [-0.05, 0) is 42.5 Å². The predicted octanol–water partition coefficient (Wildman–Crippen LogP) is 2.17. The van der Waals surface area contributed by atoms with E-state index in [0.717, 1.165) is 11.1 Å².